The van der Waals surface area contributed by atoms with E-state index in [0.29, 0.717) is 18.7 Å². The largest absolute Gasteiger partial charge is 0.376 e. The lowest BCUT2D eigenvalue weighted by Crippen LogP contribution is -2.42. The van der Waals surface area contributed by atoms with Crippen molar-refractivity contribution in [1.82, 2.24) is 29.8 Å². The Balaban J connectivity index is 1.73. The number of nitrogens with zero attached hydrogens (tertiary/aromatic N) is 6. The zero-order valence-corrected chi connectivity index (χ0v) is 15.9. The van der Waals surface area contributed by atoms with Gasteiger partial charge < -0.3 is 14.5 Å². The Morgan fingerprint density at radius 2 is 2.19 bits per heavy atom. The summed E-state index contributed by atoms with van der Waals surface area (Å²) in [6, 6.07) is 8.22. The van der Waals surface area contributed by atoms with E-state index in [4.69, 9.17) is 4.74 Å². The van der Waals surface area contributed by atoms with Crippen LogP contribution in [0.15, 0.2) is 24.3 Å². The van der Waals surface area contributed by atoms with Crippen LogP contribution in [-0.4, -0.2) is 69.2 Å². The summed E-state index contributed by atoms with van der Waals surface area (Å²) in [5.74, 6) is 0. The van der Waals surface area contributed by atoms with Crippen LogP contribution in [0.25, 0.3) is 16.6 Å². The van der Waals surface area contributed by atoms with Gasteiger partial charge in [-0.25, -0.2) is 4.79 Å². The molecule has 3 heterocycles. The molecule has 1 aliphatic heterocycles. The second-order valence-electron chi connectivity index (χ2n) is 7.34. The Kier molecular flexibility index (Phi) is 4.65. The summed E-state index contributed by atoms with van der Waals surface area (Å²) in [6.45, 7) is 3.83. The molecule has 8 nitrogen and oxygen atoms in total. The minimum Gasteiger partial charge on any atom is -0.376 e. The van der Waals surface area contributed by atoms with Crippen LogP contribution in [0.5, 0.6) is 0 Å². The number of carbonyl (C=O) groups excluding carboxylic acids is 1. The van der Waals surface area contributed by atoms with Gasteiger partial charge in [-0.05, 0) is 48.4 Å². The van der Waals surface area contributed by atoms with E-state index in [9.17, 15) is 4.79 Å². The first-order chi connectivity index (χ1) is 13.0. The molecule has 0 radical (unpaired) electrons. The predicted octanol–water partition coefficient (Wildman–Crippen LogP) is 2.25. The van der Waals surface area contributed by atoms with Crippen LogP contribution in [0.1, 0.15) is 24.0 Å². The topological polar surface area (TPSA) is 75.9 Å². The molecular formula is C19H24N6O2. The van der Waals surface area contributed by atoms with Crippen LogP contribution in [0.2, 0.25) is 0 Å². The number of hydrogen-bond donors (Lipinski definition) is 0. The molecule has 0 bridgehead atoms. The van der Waals surface area contributed by atoms with Gasteiger partial charge in [0.25, 0.3) is 0 Å². The fourth-order valence-electron chi connectivity index (χ4n) is 3.63. The van der Waals surface area contributed by atoms with Gasteiger partial charge in [0.2, 0.25) is 0 Å². The maximum atomic E-state index is 12.8. The molecule has 0 saturated carbocycles. The summed E-state index contributed by atoms with van der Waals surface area (Å²) >= 11 is 0. The lowest BCUT2D eigenvalue weighted by Gasteiger charge is -2.28. The van der Waals surface area contributed by atoms with Gasteiger partial charge in [-0.1, -0.05) is 11.6 Å². The molecule has 4 rings (SSSR count). The molecule has 0 N–H and O–H groups in total. The third kappa shape index (κ3) is 3.44. The zero-order chi connectivity index (χ0) is 19.0. The van der Waals surface area contributed by atoms with Crippen molar-refractivity contribution in [2.24, 2.45) is 0 Å². The Bertz CT molecular complexity index is 977. The van der Waals surface area contributed by atoms with Crippen LogP contribution in [0.4, 0.5) is 4.79 Å². The number of pyridine rings is 1. The first-order valence-electron chi connectivity index (χ1n) is 9.21. The Morgan fingerprint density at radius 1 is 1.33 bits per heavy atom. The highest BCUT2D eigenvalue weighted by molar-refractivity contribution is 5.84. The van der Waals surface area contributed by atoms with Gasteiger partial charge in [-0.15, -0.1) is 5.10 Å². The fraction of sp³-hybridized carbons (Fsp3) is 0.474. The van der Waals surface area contributed by atoms with Gasteiger partial charge >= 0.3 is 6.03 Å². The van der Waals surface area contributed by atoms with Gasteiger partial charge in [0.15, 0.2) is 5.65 Å². The Hall–Kier alpha value is -2.74. The molecule has 2 aromatic heterocycles. The molecule has 1 saturated heterocycles. The molecule has 1 aromatic carbocycles. The summed E-state index contributed by atoms with van der Waals surface area (Å²) in [5.41, 5.74) is 3.72. The van der Waals surface area contributed by atoms with E-state index >= 15 is 0 Å². The van der Waals surface area contributed by atoms with Crippen molar-refractivity contribution in [2.45, 2.75) is 32.4 Å². The number of ether oxygens (including phenoxy) is 1. The number of fused-ring (bicyclic) bond motifs is 3. The number of hydrogen-bond acceptors (Lipinski definition) is 5. The number of aryl methyl sites for hydroxylation is 1. The minimum atomic E-state index is -0.0412. The summed E-state index contributed by atoms with van der Waals surface area (Å²) in [6.07, 6.45) is 2.11. The standard InChI is InChI=1S/C19H24N6O2/c1-13-6-7-17-14(9-13)10-15(18-20-21-22-25(17)18)11-24(19(26)23(2)3)12-16-5-4-8-27-16/h6-7,9-10,16H,4-5,8,11-12H2,1-3H3/t16-/m1/s1. The molecule has 27 heavy (non-hydrogen) atoms. The molecule has 142 valence electrons. The van der Waals surface area contributed by atoms with E-state index < -0.39 is 0 Å². The van der Waals surface area contributed by atoms with Crippen molar-refractivity contribution in [3.8, 4) is 0 Å². The number of benzene rings is 1. The first kappa shape index (κ1) is 17.7. The number of rotatable bonds is 4. The van der Waals surface area contributed by atoms with E-state index in [1.165, 1.54) is 5.56 Å². The number of amides is 2. The van der Waals surface area contributed by atoms with E-state index in [0.717, 1.165) is 35.9 Å². The molecule has 1 fully saturated rings. The maximum Gasteiger partial charge on any atom is 0.319 e. The summed E-state index contributed by atoms with van der Waals surface area (Å²) < 4.78 is 7.50. The highest BCUT2D eigenvalue weighted by atomic mass is 16.5. The first-order valence-corrected chi connectivity index (χ1v) is 9.21. The third-order valence-corrected chi connectivity index (χ3v) is 4.96. The molecule has 0 unspecified atom stereocenters. The predicted molar refractivity (Wildman–Crippen MR) is 101 cm³/mol. The van der Waals surface area contributed by atoms with Gasteiger partial charge in [-0.2, -0.15) is 4.52 Å². The normalized spacial score (nSPS) is 16.9. The van der Waals surface area contributed by atoms with Gasteiger partial charge in [0.1, 0.15) is 0 Å². The molecular weight excluding hydrogens is 344 g/mol. The van der Waals surface area contributed by atoms with Crippen LogP contribution < -0.4 is 0 Å². The van der Waals surface area contributed by atoms with E-state index in [-0.39, 0.29) is 12.1 Å². The number of carbonyl (C=O) groups is 1. The minimum absolute atomic E-state index is 0.0412. The molecule has 3 aromatic rings. The van der Waals surface area contributed by atoms with Crippen LogP contribution >= 0.6 is 0 Å². The van der Waals surface area contributed by atoms with Crippen LogP contribution in [0.3, 0.4) is 0 Å². The number of tetrazole rings is 1. The van der Waals surface area contributed by atoms with E-state index in [1.807, 2.05) is 17.0 Å². The Morgan fingerprint density at radius 3 is 2.93 bits per heavy atom. The molecule has 1 aliphatic rings. The van der Waals surface area contributed by atoms with Gasteiger partial charge in [0, 0.05) is 38.2 Å². The highest BCUT2D eigenvalue weighted by Crippen LogP contribution is 2.23. The SMILES string of the molecule is Cc1ccc2c(c1)cc(CN(C[C@H]1CCCO1)C(=O)N(C)C)c1nnnn12. The van der Waals surface area contributed by atoms with Crippen molar-refractivity contribution in [3.05, 3.63) is 35.4 Å². The molecule has 2 amide bonds. The molecule has 0 aliphatic carbocycles. The van der Waals surface area contributed by atoms with Crippen LogP contribution in [0, 0.1) is 6.92 Å². The van der Waals surface area contributed by atoms with Crippen molar-refractivity contribution in [1.29, 1.82) is 0 Å². The fourth-order valence-corrected chi connectivity index (χ4v) is 3.63. The second-order valence-corrected chi connectivity index (χ2v) is 7.34. The van der Waals surface area contributed by atoms with Crippen molar-refractivity contribution in [2.75, 3.05) is 27.2 Å². The van der Waals surface area contributed by atoms with Crippen molar-refractivity contribution < 1.29 is 9.53 Å². The van der Waals surface area contributed by atoms with Crippen molar-refractivity contribution in [3.63, 3.8) is 0 Å². The zero-order valence-electron chi connectivity index (χ0n) is 15.9. The second kappa shape index (κ2) is 7.11. The summed E-state index contributed by atoms with van der Waals surface area (Å²) in [7, 11) is 3.53. The molecule has 0 spiro atoms. The quantitative estimate of drug-likeness (QED) is 0.706. The lowest BCUT2D eigenvalue weighted by atomic mass is 10.1. The summed E-state index contributed by atoms with van der Waals surface area (Å²) in [4.78, 5) is 16.2. The van der Waals surface area contributed by atoms with Gasteiger partial charge in [-0.3, -0.25) is 0 Å². The van der Waals surface area contributed by atoms with Crippen LogP contribution in [-0.2, 0) is 11.3 Å². The van der Waals surface area contributed by atoms with E-state index in [1.54, 1.807) is 23.5 Å². The lowest BCUT2D eigenvalue weighted by molar-refractivity contribution is 0.0743. The highest BCUT2D eigenvalue weighted by Gasteiger charge is 2.25. The molecule has 8 heteroatoms. The Labute approximate surface area is 157 Å². The monoisotopic (exact) mass is 368 g/mol. The number of aromatic nitrogens is 4. The maximum absolute atomic E-state index is 12.8. The third-order valence-electron chi connectivity index (χ3n) is 4.96. The number of urea groups is 1. The molecule has 1 atom stereocenters. The average molecular weight is 368 g/mol. The van der Waals surface area contributed by atoms with Gasteiger partial charge in [0.05, 0.1) is 18.2 Å². The van der Waals surface area contributed by atoms with Crippen molar-refractivity contribution >= 4 is 22.6 Å². The average Bonchev–Trinajstić information content (AvgIpc) is 3.32. The smallest absolute Gasteiger partial charge is 0.319 e. The van der Waals surface area contributed by atoms with E-state index in [2.05, 4.69) is 34.6 Å². The summed E-state index contributed by atoms with van der Waals surface area (Å²) in [5, 5.41) is 13.2.